The van der Waals surface area contributed by atoms with E-state index >= 15 is 0 Å². The van der Waals surface area contributed by atoms with E-state index < -0.39 is 14.0 Å². The Balaban J connectivity index is 2.28. The average Bonchev–Trinajstić information content (AvgIpc) is 2.77. The van der Waals surface area contributed by atoms with Crippen LogP contribution in [0.25, 0.3) is 0 Å². The normalized spacial score (nSPS) is 15.0. The highest BCUT2D eigenvalue weighted by atomic mass is 79.9. The van der Waals surface area contributed by atoms with Crippen molar-refractivity contribution in [1.29, 1.82) is 0 Å². The van der Waals surface area contributed by atoms with Gasteiger partial charge in [0.1, 0.15) is 11.1 Å². The topological polar surface area (TPSA) is 64.2 Å². The Morgan fingerprint density at radius 3 is 2.74 bits per heavy atom. The van der Waals surface area contributed by atoms with Crippen molar-refractivity contribution in [2.75, 3.05) is 6.61 Å². The van der Waals surface area contributed by atoms with Crippen LogP contribution in [0.1, 0.15) is 17.5 Å². The van der Waals surface area contributed by atoms with E-state index in [1.807, 2.05) is 0 Å². The molecular formula is C12H21BrN2O3Si. The van der Waals surface area contributed by atoms with Crippen LogP contribution in [0.15, 0.2) is 12.4 Å². The van der Waals surface area contributed by atoms with E-state index in [-0.39, 0.29) is 16.9 Å². The molecule has 0 saturated heterocycles. The predicted molar refractivity (Wildman–Crippen MR) is 80.3 cm³/mol. The molecule has 0 aliphatic heterocycles. The van der Waals surface area contributed by atoms with Gasteiger partial charge in [0, 0.05) is 20.5 Å². The number of halogens is 1. The third-order valence-corrected chi connectivity index (χ3v) is 5.07. The first-order chi connectivity index (χ1) is 8.78. The lowest BCUT2D eigenvalue weighted by atomic mass is 10.4. The van der Waals surface area contributed by atoms with Crippen LogP contribution in [0.3, 0.4) is 0 Å². The van der Waals surface area contributed by atoms with E-state index in [2.05, 4.69) is 45.5 Å². The summed E-state index contributed by atoms with van der Waals surface area (Å²) in [6, 6.07) is 1.02. The molecule has 1 aromatic rings. The molecule has 1 heterocycles. The molecule has 19 heavy (non-hydrogen) atoms. The highest BCUT2D eigenvalue weighted by Crippen LogP contribution is 2.18. The average molecular weight is 349 g/mol. The third-order valence-electron chi connectivity index (χ3n) is 2.28. The Kier molecular flexibility index (Phi) is 6.22. The van der Waals surface area contributed by atoms with Gasteiger partial charge in [-0.15, -0.1) is 0 Å². The molecule has 0 aromatic carbocycles. The molecule has 5 nitrogen and oxygen atoms in total. The van der Waals surface area contributed by atoms with Gasteiger partial charge in [0.15, 0.2) is 0 Å². The molecule has 0 radical (unpaired) electrons. The van der Waals surface area contributed by atoms with Crippen LogP contribution >= 0.6 is 15.9 Å². The Bertz CT molecular complexity index is 392. The van der Waals surface area contributed by atoms with E-state index in [0.717, 1.165) is 6.04 Å². The first-order valence-electron chi connectivity index (χ1n) is 6.24. The maximum absolute atomic E-state index is 11.6. The number of ether oxygens (including phenoxy) is 2. The lowest BCUT2D eigenvalue weighted by Gasteiger charge is -2.22. The summed E-state index contributed by atoms with van der Waals surface area (Å²) in [5.74, 6) is -0.248. The second-order valence-corrected chi connectivity index (χ2v) is 12.2. The molecule has 2 unspecified atom stereocenters. The van der Waals surface area contributed by atoms with Crippen molar-refractivity contribution in [3.8, 4) is 0 Å². The number of nitrogens with zero attached hydrogens (tertiary/aromatic N) is 1. The highest BCUT2D eigenvalue weighted by Gasteiger charge is 2.20. The number of hydrogen-bond donors (Lipinski definition) is 1. The summed E-state index contributed by atoms with van der Waals surface area (Å²) < 4.78 is 10.8. The van der Waals surface area contributed by atoms with Gasteiger partial charge in [-0.1, -0.05) is 35.6 Å². The second kappa shape index (κ2) is 7.21. The van der Waals surface area contributed by atoms with Gasteiger partial charge in [0.2, 0.25) is 5.82 Å². The fraction of sp³-hybridized carbons (Fsp3) is 0.667. The fourth-order valence-electron chi connectivity index (χ4n) is 1.43. The van der Waals surface area contributed by atoms with E-state index in [4.69, 9.17) is 9.47 Å². The number of aromatic nitrogens is 2. The van der Waals surface area contributed by atoms with E-state index in [0.29, 0.717) is 6.61 Å². The maximum Gasteiger partial charge on any atom is 0.374 e. The van der Waals surface area contributed by atoms with Crippen LogP contribution in [0, 0.1) is 0 Å². The summed E-state index contributed by atoms with van der Waals surface area (Å²) in [5, 5.41) is 0.0175. The number of imidazole rings is 1. The summed E-state index contributed by atoms with van der Waals surface area (Å²) in [7, 11) is -1.16. The van der Waals surface area contributed by atoms with E-state index in [1.54, 1.807) is 13.1 Å². The smallest absolute Gasteiger partial charge is 0.374 e. The van der Waals surface area contributed by atoms with Gasteiger partial charge >= 0.3 is 5.97 Å². The van der Waals surface area contributed by atoms with Gasteiger partial charge in [0.25, 0.3) is 0 Å². The van der Waals surface area contributed by atoms with Crippen molar-refractivity contribution in [2.24, 2.45) is 0 Å². The number of aromatic amines is 1. The number of esters is 1. The van der Waals surface area contributed by atoms with Crippen LogP contribution in [0.2, 0.25) is 25.7 Å². The highest BCUT2D eigenvalue weighted by molar-refractivity contribution is 9.09. The monoisotopic (exact) mass is 348 g/mol. The number of H-pyrrole nitrogens is 1. The fourth-order valence-corrected chi connectivity index (χ4v) is 5.58. The molecule has 0 aliphatic carbocycles. The van der Waals surface area contributed by atoms with Crippen molar-refractivity contribution in [3.63, 3.8) is 0 Å². The van der Waals surface area contributed by atoms with Crippen LogP contribution in [-0.2, 0) is 9.47 Å². The standard InChI is InChI=1S/C12H21BrN2O3Si/c1-9(7-17-10(13)8-19(2,3)4)18-12(16)11-14-5-6-15-11/h5-6,9-10H,7-8H2,1-4H3,(H,14,15). The van der Waals surface area contributed by atoms with Crippen molar-refractivity contribution >= 4 is 30.0 Å². The van der Waals surface area contributed by atoms with Crippen molar-refractivity contribution in [3.05, 3.63) is 18.2 Å². The summed E-state index contributed by atoms with van der Waals surface area (Å²) in [6.07, 6.45) is 2.79. The minimum Gasteiger partial charge on any atom is -0.454 e. The summed E-state index contributed by atoms with van der Waals surface area (Å²) in [6.45, 7) is 9.02. The largest absolute Gasteiger partial charge is 0.454 e. The summed E-state index contributed by atoms with van der Waals surface area (Å²) in [4.78, 5) is 18.2. The van der Waals surface area contributed by atoms with Gasteiger partial charge in [-0.25, -0.2) is 9.78 Å². The Morgan fingerprint density at radius 2 is 2.21 bits per heavy atom. The van der Waals surface area contributed by atoms with E-state index in [9.17, 15) is 4.79 Å². The van der Waals surface area contributed by atoms with E-state index in [1.165, 1.54) is 6.20 Å². The molecule has 0 saturated carbocycles. The van der Waals surface area contributed by atoms with Crippen LogP contribution < -0.4 is 0 Å². The Morgan fingerprint density at radius 1 is 1.53 bits per heavy atom. The number of rotatable bonds is 7. The van der Waals surface area contributed by atoms with Gasteiger partial charge < -0.3 is 14.5 Å². The molecule has 0 aliphatic rings. The number of hydrogen-bond acceptors (Lipinski definition) is 4. The predicted octanol–water partition coefficient (Wildman–Crippen LogP) is 3.03. The molecular weight excluding hydrogens is 328 g/mol. The lowest BCUT2D eigenvalue weighted by molar-refractivity contribution is -0.000750. The zero-order valence-corrected chi connectivity index (χ0v) is 14.4. The zero-order valence-electron chi connectivity index (χ0n) is 11.8. The quantitative estimate of drug-likeness (QED) is 0.467. The summed E-state index contributed by atoms with van der Waals surface area (Å²) >= 11 is 3.50. The molecule has 1 N–H and O–H groups in total. The number of nitrogens with one attached hydrogen (secondary N) is 1. The molecule has 0 fully saturated rings. The number of carbonyl (C=O) groups excluding carboxylic acids is 1. The second-order valence-electron chi connectivity index (χ2n) is 5.66. The van der Waals surface area contributed by atoms with Crippen molar-refractivity contribution in [1.82, 2.24) is 9.97 Å². The lowest BCUT2D eigenvalue weighted by Crippen LogP contribution is -2.28. The Hall–Kier alpha value is -0.663. The van der Waals surface area contributed by atoms with Gasteiger partial charge in [-0.05, 0) is 13.0 Å². The first-order valence-corrected chi connectivity index (χ1v) is 10.9. The number of carbonyl (C=O) groups is 1. The van der Waals surface area contributed by atoms with Crippen LogP contribution in [0.4, 0.5) is 0 Å². The SMILES string of the molecule is CC(COC(Br)C[Si](C)(C)C)OC(=O)c1ncc[nH]1. The third kappa shape index (κ3) is 6.89. The first kappa shape index (κ1) is 16.4. The van der Waals surface area contributed by atoms with Gasteiger partial charge in [-0.3, -0.25) is 0 Å². The molecule has 0 amide bonds. The molecule has 7 heteroatoms. The zero-order chi connectivity index (χ0) is 14.5. The molecule has 0 bridgehead atoms. The van der Waals surface area contributed by atoms with Crippen LogP contribution in [0.5, 0.6) is 0 Å². The minimum atomic E-state index is -1.16. The molecule has 1 aromatic heterocycles. The molecule has 1 rings (SSSR count). The van der Waals surface area contributed by atoms with Crippen molar-refractivity contribution in [2.45, 2.75) is 43.7 Å². The molecule has 0 spiro atoms. The molecule has 108 valence electrons. The van der Waals surface area contributed by atoms with Crippen molar-refractivity contribution < 1.29 is 14.3 Å². The summed E-state index contributed by atoms with van der Waals surface area (Å²) in [5.41, 5.74) is 0. The Labute approximate surface area is 123 Å². The number of alkyl halides is 1. The molecule has 2 atom stereocenters. The van der Waals surface area contributed by atoms with Gasteiger partial charge in [-0.2, -0.15) is 0 Å². The van der Waals surface area contributed by atoms with Gasteiger partial charge in [0.05, 0.1) is 6.61 Å². The minimum absolute atomic E-state index is 0.0175. The maximum atomic E-state index is 11.6. The van der Waals surface area contributed by atoms with Crippen LogP contribution in [-0.4, -0.2) is 41.7 Å².